The molecular formula is C54H40N4. The summed E-state index contributed by atoms with van der Waals surface area (Å²) in [5.41, 5.74) is 18.2. The van der Waals surface area contributed by atoms with Crippen molar-refractivity contribution in [3.63, 3.8) is 0 Å². The fourth-order valence-corrected chi connectivity index (χ4v) is 8.36. The lowest BCUT2D eigenvalue weighted by molar-refractivity contribution is 0.660. The highest BCUT2D eigenvalue weighted by molar-refractivity contribution is 5.87. The van der Waals surface area contributed by atoms with Crippen molar-refractivity contribution in [2.75, 3.05) is 0 Å². The summed E-state index contributed by atoms with van der Waals surface area (Å²) < 4.78 is 0. The molecule has 0 saturated heterocycles. The van der Waals surface area contributed by atoms with Gasteiger partial charge >= 0.3 is 0 Å². The number of fused-ring (bicyclic) bond motifs is 3. The smallest absolute Gasteiger partial charge is 0.164 e. The highest BCUT2D eigenvalue weighted by atomic mass is 15.0. The molecule has 0 N–H and O–H groups in total. The summed E-state index contributed by atoms with van der Waals surface area (Å²) in [6, 6.07) is 64.6. The summed E-state index contributed by atoms with van der Waals surface area (Å²) in [5.74, 6) is 1.91. The maximum absolute atomic E-state index is 5.14. The van der Waals surface area contributed by atoms with E-state index in [0.717, 1.165) is 50.2 Å². The first kappa shape index (κ1) is 35.1. The second kappa shape index (κ2) is 14.3. The predicted molar refractivity (Wildman–Crippen MR) is 238 cm³/mol. The standard InChI is InChI=1S/C54H40N4/c1-35-30-43(28-29-55-35)38-22-18-36(19-23-38)37-20-24-39(25-21-37)44-31-45(42-26-27-50-48(34-42)47-16-10-11-17-49(47)54(50,2)3)33-46(32-44)53-57-51(40-12-6-4-7-13-40)56-52(58-53)41-14-8-5-9-15-41/h4-34H,1-3H3. The van der Waals surface area contributed by atoms with Gasteiger partial charge in [0.05, 0.1) is 0 Å². The Balaban J connectivity index is 1.10. The topological polar surface area (TPSA) is 51.6 Å². The molecule has 0 saturated carbocycles. The van der Waals surface area contributed by atoms with Crippen molar-refractivity contribution >= 4 is 0 Å². The lowest BCUT2D eigenvalue weighted by Gasteiger charge is -2.21. The van der Waals surface area contributed by atoms with Crippen molar-refractivity contribution in [2.45, 2.75) is 26.2 Å². The second-order valence-electron chi connectivity index (χ2n) is 15.6. The summed E-state index contributed by atoms with van der Waals surface area (Å²) >= 11 is 0. The molecule has 0 aliphatic heterocycles. The van der Waals surface area contributed by atoms with E-state index >= 15 is 0 Å². The summed E-state index contributed by atoms with van der Waals surface area (Å²) in [6.07, 6.45) is 1.87. The molecule has 0 bridgehead atoms. The Bertz CT molecular complexity index is 2890. The summed E-state index contributed by atoms with van der Waals surface area (Å²) in [7, 11) is 0. The van der Waals surface area contributed by atoms with Crippen LogP contribution in [0.5, 0.6) is 0 Å². The zero-order valence-electron chi connectivity index (χ0n) is 32.7. The fourth-order valence-electron chi connectivity index (χ4n) is 8.36. The maximum atomic E-state index is 5.14. The van der Waals surface area contributed by atoms with Gasteiger partial charge in [-0.15, -0.1) is 0 Å². The van der Waals surface area contributed by atoms with E-state index in [9.17, 15) is 0 Å². The number of rotatable bonds is 7. The number of aryl methyl sites for hydroxylation is 1. The molecule has 0 unspecified atom stereocenters. The number of nitrogens with zero attached hydrogens (tertiary/aromatic N) is 4. The first-order valence-corrected chi connectivity index (χ1v) is 19.8. The van der Waals surface area contributed by atoms with Crippen LogP contribution in [0.25, 0.3) is 89.8 Å². The van der Waals surface area contributed by atoms with Crippen molar-refractivity contribution in [1.29, 1.82) is 0 Å². The summed E-state index contributed by atoms with van der Waals surface area (Å²) in [6.45, 7) is 6.67. The fraction of sp³-hybridized carbons (Fsp3) is 0.0741. The van der Waals surface area contributed by atoms with Crippen LogP contribution in [0.3, 0.4) is 0 Å². The second-order valence-corrected chi connectivity index (χ2v) is 15.6. The SMILES string of the molecule is Cc1cc(-c2ccc(-c3ccc(-c4cc(-c5ccc6c(c5)-c5ccccc5C6(C)C)cc(-c5nc(-c6ccccc6)nc(-c6ccccc6)n5)c4)cc3)cc2)ccn1. The Hall–Kier alpha value is -7.30. The molecule has 0 atom stereocenters. The quantitative estimate of drug-likeness (QED) is 0.163. The van der Waals surface area contributed by atoms with E-state index in [2.05, 4.69) is 164 Å². The van der Waals surface area contributed by atoms with Crippen LogP contribution in [0.4, 0.5) is 0 Å². The van der Waals surface area contributed by atoms with Gasteiger partial charge in [-0.25, -0.2) is 15.0 Å². The van der Waals surface area contributed by atoms with Gasteiger partial charge in [0.2, 0.25) is 0 Å². The molecular weight excluding hydrogens is 705 g/mol. The van der Waals surface area contributed by atoms with Gasteiger partial charge in [0.1, 0.15) is 0 Å². The van der Waals surface area contributed by atoms with Crippen LogP contribution < -0.4 is 0 Å². The molecule has 1 aliphatic carbocycles. The van der Waals surface area contributed by atoms with E-state index in [1.165, 1.54) is 38.9 Å². The van der Waals surface area contributed by atoms with Gasteiger partial charge in [-0.05, 0) is 110 Å². The molecule has 9 aromatic rings. The van der Waals surface area contributed by atoms with Crippen molar-refractivity contribution in [3.8, 4) is 89.8 Å². The lowest BCUT2D eigenvalue weighted by atomic mass is 9.82. The van der Waals surface area contributed by atoms with Gasteiger partial charge in [0.25, 0.3) is 0 Å². The highest BCUT2D eigenvalue weighted by Crippen LogP contribution is 2.49. The molecule has 4 nitrogen and oxygen atoms in total. The van der Waals surface area contributed by atoms with E-state index in [4.69, 9.17) is 15.0 Å². The molecule has 0 fully saturated rings. The Morgan fingerprint density at radius 1 is 0.328 bits per heavy atom. The van der Waals surface area contributed by atoms with Gasteiger partial charge in [-0.2, -0.15) is 0 Å². The van der Waals surface area contributed by atoms with E-state index in [1.807, 2.05) is 49.5 Å². The first-order chi connectivity index (χ1) is 28.4. The van der Waals surface area contributed by atoms with Crippen LogP contribution in [0.1, 0.15) is 30.7 Å². The van der Waals surface area contributed by atoms with E-state index in [1.54, 1.807) is 0 Å². The number of aromatic nitrogens is 4. The van der Waals surface area contributed by atoms with E-state index < -0.39 is 0 Å². The zero-order valence-corrected chi connectivity index (χ0v) is 32.7. The van der Waals surface area contributed by atoms with Crippen LogP contribution in [0.15, 0.2) is 188 Å². The zero-order chi connectivity index (χ0) is 39.2. The van der Waals surface area contributed by atoms with Crippen molar-refractivity contribution in [1.82, 2.24) is 19.9 Å². The van der Waals surface area contributed by atoms with Gasteiger partial charge in [-0.3, -0.25) is 4.98 Å². The van der Waals surface area contributed by atoms with E-state index in [0.29, 0.717) is 17.5 Å². The van der Waals surface area contributed by atoms with Crippen LogP contribution in [-0.2, 0) is 5.41 Å². The molecule has 0 amide bonds. The average molecular weight is 745 g/mol. The lowest BCUT2D eigenvalue weighted by Crippen LogP contribution is -2.14. The van der Waals surface area contributed by atoms with Gasteiger partial charge in [0.15, 0.2) is 17.5 Å². The number of pyridine rings is 1. The van der Waals surface area contributed by atoms with Crippen molar-refractivity contribution in [3.05, 3.63) is 205 Å². The van der Waals surface area contributed by atoms with Gasteiger partial charge < -0.3 is 0 Å². The molecule has 2 heterocycles. The van der Waals surface area contributed by atoms with Gasteiger partial charge in [0, 0.05) is 34.0 Å². The maximum Gasteiger partial charge on any atom is 0.164 e. The molecule has 0 radical (unpaired) electrons. The van der Waals surface area contributed by atoms with Crippen molar-refractivity contribution < 1.29 is 0 Å². The number of hydrogen-bond acceptors (Lipinski definition) is 4. The summed E-state index contributed by atoms with van der Waals surface area (Å²) in [4.78, 5) is 19.6. The van der Waals surface area contributed by atoms with Crippen LogP contribution in [0.2, 0.25) is 0 Å². The minimum atomic E-state index is -0.0653. The molecule has 0 spiro atoms. The van der Waals surface area contributed by atoms with Crippen LogP contribution in [-0.4, -0.2) is 19.9 Å². The largest absolute Gasteiger partial charge is 0.262 e. The minimum Gasteiger partial charge on any atom is -0.262 e. The Labute approximate surface area is 339 Å². The predicted octanol–water partition coefficient (Wildman–Crippen LogP) is 13.6. The van der Waals surface area contributed by atoms with Gasteiger partial charge in [-0.1, -0.05) is 159 Å². The Kier molecular flexibility index (Phi) is 8.68. The highest BCUT2D eigenvalue weighted by Gasteiger charge is 2.35. The van der Waals surface area contributed by atoms with Crippen LogP contribution in [0, 0.1) is 6.92 Å². The number of hydrogen-bond donors (Lipinski definition) is 0. The van der Waals surface area contributed by atoms with E-state index in [-0.39, 0.29) is 5.41 Å². The third-order valence-corrected chi connectivity index (χ3v) is 11.5. The Morgan fingerprint density at radius 2 is 0.759 bits per heavy atom. The molecule has 1 aliphatic rings. The molecule has 58 heavy (non-hydrogen) atoms. The van der Waals surface area contributed by atoms with Crippen LogP contribution >= 0.6 is 0 Å². The third kappa shape index (κ3) is 6.49. The third-order valence-electron chi connectivity index (χ3n) is 11.5. The Morgan fingerprint density at radius 3 is 1.34 bits per heavy atom. The molecule has 4 heteroatoms. The first-order valence-electron chi connectivity index (χ1n) is 19.8. The van der Waals surface area contributed by atoms with Crippen molar-refractivity contribution in [2.24, 2.45) is 0 Å². The molecule has 2 aromatic heterocycles. The minimum absolute atomic E-state index is 0.0653. The average Bonchev–Trinajstić information content (AvgIpc) is 3.52. The monoisotopic (exact) mass is 744 g/mol. The summed E-state index contributed by atoms with van der Waals surface area (Å²) in [5, 5.41) is 0. The normalized spacial score (nSPS) is 12.5. The molecule has 7 aromatic carbocycles. The molecule has 276 valence electrons. The molecule has 10 rings (SSSR count). The number of benzene rings is 7.